The van der Waals surface area contributed by atoms with E-state index in [2.05, 4.69) is 37.2 Å². The first-order chi connectivity index (χ1) is 9.04. The number of aromatic nitrogens is 1. The van der Waals surface area contributed by atoms with Crippen LogP contribution in [0.25, 0.3) is 0 Å². The number of nitrogens with zero attached hydrogens (tertiary/aromatic N) is 2. The molecule has 0 radical (unpaired) electrons. The second-order valence-electron chi connectivity index (χ2n) is 5.23. The summed E-state index contributed by atoms with van der Waals surface area (Å²) in [5, 5.41) is 0. The highest BCUT2D eigenvalue weighted by Crippen LogP contribution is 2.16. The number of carbonyl (C=O) groups is 1. The average molecular weight is 264 g/mol. The fourth-order valence-corrected chi connectivity index (χ4v) is 2.76. The Labute approximate surface area is 117 Å². The molecule has 0 atom stereocenters. The van der Waals surface area contributed by atoms with Gasteiger partial charge in [0.25, 0.3) is 0 Å². The molecule has 3 nitrogen and oxygen atoms in total. The summed E-state index contributed by atoms with van der Waals surface area (Å²) in [4.78, 5) is 14.7. The van der Waals surface area contributed by atoms with Crippen molar-refractivity contribution in [3.63, 3.8) is 0 Å². The standard InChI is InChI=1S/C16H28N2O/c1-6-9-17(10-7-2)12-16(19)15-11-13(4)18(8-3)14(15)5/h11H,6-10,12H2,1-5H3. The van der Waals surface area contributed by atoms with Gasteiger partial charge < -0.3 is 4.57 Å². The number of ketones is 1. The number of hydrogen-bond donors (Lipinski definition) is 0. The van der Waals surface area contributed by atoms with E-state index in [9.17, 15) is 4.79 Å². The van der Waals surface area contributed by atoms with Crippen LogP contribution in [0.1, 0.15) is 55.4 Å². The molecule has 0 aliphatic heterocycles. The van der Waals surface area contributed by atoms with Crippen molar-refractivity contribution in [1.82, 2.24) is 9.47 Å². The third kappa shape index (κ3) is 3.93. The number of Topliss-reactive ketones (excluding diaryl/α,β-unsaturated/α-hetero) is 1. The van der Waals surface area contributed by atoms with Crippen molar-refractivity contribution in [2.75, 3.05) is 19.6 Å². The van der Waals surface area contributed by atoms with Crippen LogP contribution in [0.3, 0.4) is 0 Å². The molecular formula is C16H28N2O. The molecule has 0 aliphatic carbocycles. The van der Waals surface area contributed by atoms with E-state index >= 15 is 0 Å². The minimum atomic E-state index is 0.259. The Hall–Kier alpha value is -1.09. The summed E-state index contributed by atoms with van der Waals surface area (Å²) < 4.78 is 2.21. The lowest BCUT2D eigenvalue weighted by Gasteiger charge is -2.19. The first kappa shape index (κ1) is 16.0. The molecule has 0 N–H and O–H groups in total. The fraction of sp³-hybridized carbons (Fsp3) is 0.688. The molecule has 108 valence electrons. The second-order valence-corrected chi connectivity index (χ2v) is 5.23. The third-order valence-corrected chi connectivity index (χ3v) is 3.64. The van der Waals surface area contributed by atoms with E-state index in [0.29, 0.717) is 6.54 Å². The average Bonchev–Trinajstić information content (AvgIpc) is 2.65. The van der Waals surface area contributed by atoms with Crippen molar-refractivity contribution in [1.29, 1.82) is 0 Å². The maximum atomic E-state index is 12.5. The minimum Gasteiger partial charge on any atom is -0.349 e. The zero-order chi connectivity index (χ0) is 14.4. The highest BCUT2D eigenvalue weighted by atomic mass is 16.1. The SMILES string of the molecule is CCCN(CCC)CC(=O)c1cc(C)n(CC)c1C. The van der Waals surface area contributed by atoms with Crippen molar-refractivity contribution >= 4 is 5.78 Å². The maximum Gasteiger partial charge on any atom is 0.178 e. The zero-order valence-electron chi connectivity index (χ0n) is 13.1. The summed E-state index contributed by atoms with van der Waals surface area (Å²) in [5.74, 6) is 0.259. The van der Waals surface area contributed by atoms with Crippen molar-refractivity contribution in [3.8, 4) is 0 Å². The number of rotatable bonds is 8. The summed E-state index contributed by atoms with van der Waals surface area (Å²) in [6, 6.07) is 2.04. The summed E-state index contributed by atoms with van der Waals surface area (Å²) in [6.07, 6.45) is 2.20. The van der Waals surface area contributed by atoms with E-state index in [1.807, 2.05) is 13.0 Å². The Bertz CT molecular complexity index is 415. The van der Waals surface area contributed by atoms with Crippen LogP contribution >= 0.6 is 0 Å². The summed E-state index contributed by atoms with van der Waals surface area (Å²) in [5.41, 5.74) is 3.19. The van der Waals surface area contributed by atoms with Gasteiger partial charge in [0.05, 0.1) is 6.54 Å². The molecular weight excluding hydrogens is 236 g/mol. The molecule has 3 heteroatoms. The van der Waals surface area contributed by atoms with Crippen LogP contribution in [0.4, 0.5) is 0 Å². The third-order valence-electron chi connectivity index (χ3n) is 3.64. The summed E-state index contributed by atoms with van der Waals surface area (Å²) >= 11 is 0. The second kappa shape index (κ2) is 7.49. The monoisotopic (exact) mass is 264 g/mol. The Morgan fingerprint density at radius 1 is 1.16 bits per heavy atom. The molecule has 0 unspecified atom stereocenters. The summed E-state index contributed by atoms with van der Waals surface area (Å²) in [7, 11) is 0. The van der Waals surface area contributed by atoms with Gasteiger partial charge in [-0.25, -0.2) is 0 Å². The molecule has 0 spiro atoms. The van der Waals surface area contributed by atoms with E-state index in [0.717, 1.165) is 43.7 Å². The van der Waals surface area contributed by atoms with Gasteiger partial charge in [-0.05, 0) is 52.8 Å². The van der Waals surface area contributed by atoms with E-state index in [4.69, 9.17) is 0 Å². The minimum absolute atomic E-state index is 0.259. The van der Waals surface area contributed by atoms with Gasteiger partial charge in [-0.3, -0.25) is 9.69 Å². The van der Waals surface area contributed by atoms with Gasteiger partial charge in [-0.15, -0.1) is 0 Å². The highest BCUT2D eigenvalue weighted by molar-refractivity contribution is 5.99. The lowest BCUT2D eigenvalue weighted by Crippen LogP contribution is -2.31. The van der Waals surface area contributed by atoms with E-state index < -0.39 is 0 Å². The normalized spacial score (nSPS) is 11.3. The molecule has 1 rings (SSSR count). The molecule has 19 heavy (non-hydrogen) atoms. The molecule has 1 aromatic rings. The summed E-state index contributed by atoms with van der Waals surface area (Å²) in [6.45, 7) is 14.1. The largest absolute Gasteiger partial charge is 0.349 e. The van der Waals surface area contributed by atoms with Gasteiger partial charge in [0.1, 0.15) is 0 Å². The molecule has 0 aromatic carbocycles. The Morgan fingerprint density at radius 3 is 2.16 bits per heavy atom. The molecule has 0 saturated heterocycles. The molecule has 0 fully saturated rings. The highest BCUT2D eigenvalue weighted by Gasteiger charge is 2.17. The molecule has 0 aliphatic rings. The van der Waals surface area contributed by atoms with Crippen molar-refractivity contribution in [2.24, 2.45) is 0 Å². The van der Waals surface area contributed by atoms with Gasteiger partial charge in [0.2, 0.25) is 0 Å². The first-order valence-corrected chi connectivity index (χ1v) is 7.47. The van der Waals surface area contributed by atoms with Gasteiger partial charge >= 0.3 is 0 Å². The maximum absolute atomic E-state index is 12.5. The lowest BCUT2D eigenvalue weighted by atomic mass is 10.1. The van der Waals surface area contributed by atoms with Crippen LogP contribution in [0.2, 0.25) is 0 Å². The van der Waals surface area contributed by atoms with Gasteiger partial charge in [0, 0.05) is 23.5 Å². The number of hydrogen-bond acceptors (Lipinski definition) is 2. The predicted octanol–water partition coefficient (Wildman–Crippen LogP) is 3.43. The van der Waals surface area contributed by atoms with Crippen LogP contribution in [-0.2, 0) is 6.54 Å². The van der Waals surface area contributed by atoms with Crippen molar-refractivity contribution < 1.29 is 4.79 Å². The van der Waals surface area contributed by atoms with Crippen LogP contribution in [0, 0.1) is 13.8 Å². The van der Waals surface area contributed by atoms with E-state index in [1.165, 1.54) is 5.69 Å². The molecule has 0 amide bonds. The van der Waals surface area contributed by atoms with E-state index in [1.54, 1.807) is 0 Å². The Balaban J connectivity index is 2.82. The molecule has 0 bridgehead atoms. The van der Waals surface area contributed by atoms with Gasteiger partial charge in [-0.1, -0.05) is 13.8 Å². The number of aryl methyl sites for hydroxylation is 1. The molecule has 1 aromatic heterocycles. The lowest BCUT2D eigenvalue weighted by molar-refractivity contribution is 0.0930. The van der Waals surface area contributed by atoms with Crippen LogP contribution in [-0.4, -0.2) is 34.9 Å². The quantitative estimate of drug-likeness (QED) is 0.672. The first-order valence-electron chi connectivity index (χ1n) is 7.47. The zero-order valence-corrected chi connectivity index (χ0v) is 13.1. The van der Waals surface area contributed by atoms with Crippen molar-refractivity contribution in [2.45, 2.75) is 54.0 Å². The van der Waals surface area contributed by atoms with Crippen molar-refractivity contribution in [3.05, 3.63) is 23.0 Å². The topological polar surface area (TPSA) is 25.2 Å². The van der Waals surface area contributed by atoms with Crippen LogP contribution in [0.5, 0.6) is 0 Å². The molecule has 0 saturated carbocycles. The Kier molecular flexibility index (Phi) is 6.29. The van der Waals surface area contributed by atoms with Gasteiger partial charge in [0.15, 0.2) is 5.78 Å². The fourth-order valence-electron chi connectivity index (χ4n) is 2.76. The van der Waals surface area contributed by atoms with E-state index in [-0.39, 0.29) is 5.78 Å². The predicted molar refractivity (Wildman–Crippen MR) is 80.9 cm³/mol. The van der Waals surface area contributed by atoms with Crippen LogP contribution < -0.4 is 0 Å². The van der Waals surface area contributed by atoms with Gasteiger partial charge in [-0.2, -0.15) is 0 Å². The van der Waals surface area contributed by atoms with Crippen LogP contribution in [0.15, 0.2) is 6.07 Å². The molecule has 1 heterocycles. The smallest absolute Gasteiger partial charge is 0.178 e. The Morgan fingerprint density at radius 2 is 1.74 bits per heavy atom. The number of carbonyl (C=O) groups excluding carboxylic acids is 1.